The maximum atomic E-state index is 12.5. The minimum atomic E-state index is -3.61. The number of sulfonamides is 1. The molecule has 0 unspecified atom stereocenters. The Morgan fingerprint density at radius 1 is 1.03 bits per heavy atom. The van der Waals surface area contributed by atoms with Gasteiger partial charge in [0.2, 0.25) is 21.9 Å². The molecule has 0 fully saturated rings. The molecular weight excluding hydrogens is 440 g/mol. The van der Waals surface area contributed by atoms with Crippen molar-refractivity contribution in [1.29, 1.82) is 0 Å². The maximum absolute atomic E-state index is 12.5. The van der Waals surface area contributed by atoms with Crippen LogP contribution in [0.4, 0.5) is 28.8 Å². The number of amides is 1. The summed E-state index contributed by atoms with van der Waals surface area (Å²) in [6, 6.07) is 12.0. The molecule has 0 saturated carbocycles. The van der Waals surface area contributed by atoms with Crippen LogP contribution in [0.1, 0.15) is 31.4 Å². The van der Waals surface area contributed by atoms with Gasteiger partial charge in [-0.3, -0.25) is 4.79 Å². The van der Waals surface area contributed by atoms with E-state index in [0.29, 0.717) is 30.3 Å². The highest BCUT2D eigenvalue weighted by Crippen LogP contribution is 2.28. The van der Waals surface area contributed by atoms with Crippen molar-refractivity contribution >= 4 is 44.8 Å². The number of benzene rings is 2. The second kappa shape index (κ2) is 9.16. The monoisotopic (exact) mass is 466 g/mol. The molecule has 1 aliphatic heterocycles. The number of anilines is 5. The Balaban J connectivity index is 1.54. The summed E-state index contributed by atoms with van der Waals surface area (Å²) < 4.78 is 27.5. The molecule has 1 aliphatic rings. The molecule has 33 heavy (non-hydrogen) atoms. The SMILES string of the molecule is Cc1cnc(Nc2cccc(S(=O)(=O)NC(C)C)c2)nc1Nc1ccc2c(c1)CCC(=O)N2. The van der Waals surface area contributed by atoms with Crippen molar-refractivity contribution in [2.45, 2.75) is 44.6 Å². The maximum Gasteiger partial charge on any atom is 0.240 e. The van der Waals surface area contributed by atoms with Gasteiger partial charge in [0.25, 0.3) is 0 Å². The summed E-state index contributed by atoms with van der Waals surface area (Å²) in [5.74, 6) is 0.986. The van der Waals surface area contributed by atoms with Gasteiger partial charge in [-0.2, -0.15) is 4.98 Å². The largest absolute Gasteiger partial charge is 0.340 e. The predicted octanol–water partition coefficient (Wildman–Crippen LogP) is 3.84. The third-order valence-corrected chi connectivity index (χ3v) is 6.68. The van der Waals surface area contributed by atoms with Gasteiger partial charge in [-0.1, -0.05) is 6.07 Å². The van der Waals surface area contributed by atoms with Gasteiger partial charge >= 0.3 is 0 Å². The fourth-order valence-electron chi connectivity index (χ4n) is 3.48. The van der Waals surface area contributed by atoms with E-state index in [1.54, 1.807) is 38.2 Å². The van der Waals surface area contributed by atoms with Crippen LogP contribution >= 0.6 is 0 Å². The number of rotatable bonds is 7. The van der Waals surface area contributed by atoms with Crippen molar-refractivity contribution in [3.8, 4) is 0 Å². The van der Waals surface area contributed by atoms with E-state index in [-0.39, 0.29) is 16.8 Å². The van der Waals surface area contributed by atoms with Crippen molar-refractivity contribution in [2.24, 2.45) is 0 Å². The predicted molar refractivity (Wildman–Crippen MR) is 129 cm³/mol. The zero-order valence-corrected chi connectivity index (χ0v) is 19.5. The van der Waals surface area contributed by atoms with Crippen LogP contribution in [0.5, 0.6) is 0 Å². The number of aromatic nitrogens is 2. The summed E-state index contributed by atoms with van der Waals surface area (Å²) in [6.45, 7) is 5.44. The van der Waals surface area contributed by atoms with Crippen molar-refractivity contribution in [1.82, 2.24) is 14.7 Å². The second-order valence-electron chi connectivity index (χ2n) is 8.20. The fourth-order valence-corrected chi connectivity index (χ4v) is 4.77. The highest BCUT2D eigenvalue weighted by Gasteiger charge is 2.17. The first-order valence-electron chi connectivity index (χ1n) is 10.6. The van der Waals surface area contributed by atoms with Gasteiger partial charge in [0.05, 0.1) is 4.90 Å². The van der Waals surface area contributed by atoms with Crippen LogP contribution in [0.2, 0.25) is 0 Å². The summed E-state index contributed by atoms with van der Waals surface area (Å²) in [4.78, 5) is 20.6. The Bertz CT molecular complexity index is 1310. The minimum absolute atomic E-state index is 0.0300. The Morgan fingerprint density at radius 3 is 2.61 bits per heavy atom. The molecule has 3 aromatic rings. The van der Waals surface area contributed by atoms with Crippen LogP contribution in [0, 0.1) is 6.92 Å². The lowest BCUT2D eigenvalue weighted by Crippen LogP contribution is -2.30. The first-order chi connectivity index (χ1) is 15.7. The number of nitrogens with one attached hydrogen (secondary N) is 4. The molecule has 4 N–H and O–H groups in total. The van der Waals surface area contributed by atoms with Crippen LogP contribution in [0.3, 0.4) is 0 Å². The van der Waals surface area contributed by atoms with Crippen LogP contribution in [-0.2, 0) is 21.2 Å². The van der Waals surface area contributed by atoms with Gasteiger partial charge in [-0.25, -0.2) is 18.1 Å². The first-order valence-corrected chi connectivity index (χ1v) is 12.1. The van der Waals surface area contributed by atoms with Gasteiger partial charge in [0, 0.05) is 41.3 Å². The summed E-state index contributed by atoms with van der Waals surface area (Å²) in [5, 5.41) is 9.26. The molecule has 0 saturated heterocycles. The van der Waals surface area contributed by atoms with Crippen LogP contribution < -0.4 is 20.7 Å². The standard InChI is InChI=1S/C23H26N6O3S/c1-14(2)29-33(31,32)19-6-4-5-17(12-19)26-23-24-13-15(3)22(28-23)25-18-8-9-20-16(11-18)7-10-21(30)27-20/h4-6,8-9,11-14,29H,7,10H2,1-3H3,(H,27,30)(H2,24,25,26,28). The van der Waals surface area contributed by atoms with Crippen molar-refractivity contribution in [3.05, 3.63) is 59.8 Å². The molecule has 0 bridgehead atoms. The number of carbonyl (C=O) groups excluding carboxylic acids is 1. The van der Waals surface area contributed by atoms with Crippen molar-refractivity contribution in [2.75, 3.05) is 16.0 Å². The highest BCUT2D eigenvalue weighted by molar-refractivity contribution is 7.89. The Labute approximate surface area is 193 Å². The molecule has 0 atom stereocenters. The Kier molecular flexibility index (Phi) is 6.30. The van der Waals surface area contributed by atoms with Crippen LogP contribution in [-0.4, -0.2) is 30.3 Å². The second-order valence-corrected chi connectivity index (χ2v) is 9.91. The lowest BCUT2D eigenvalue weighted by molar-refractivity contribution is -0.116. The van der Waals surface area contributed by atoms with Crippen LogP contribution in [0.25, 0.3) is 0 Å². The molecule has 4 rings (SSSR count). The van der Waals surface area contributed by atoms with E-state index in [2.05, 4.69) is 30.6 Å². The number of carbonyl (C=O) groups is 1. The van der Waals surface area contributed by atoms with E-state index < -0.39 is 10.0 Å². The third kappa shape index (κ3) is 5.47. The smallest absolute Gasteiger partial charge is 0.240 e. The van der Waals surface area contributed by atoms with Crippen LogP contribution in [0.15, 0.2) is 53.6 Å². The summed E-state index contributed by atoms with van der Waals surface area (Å²) in [6.07, 6.45) is 2.85. The molecule has 0 aliphatic carbocycles. The van der Waals surface area contributed by atoms with E-state index >= 15 is 0 Å². The van der Waals surface area contributed by atoms with Gasteiger partial charge < -0.3 is 16.0 Å². The van der Waals surface area contributed by atoms with Crippen molar-refractivity contribution in [3.63, 3.8) is 0 Å². The van der Waals surface area contributed by atoms with E-state index in [9.17, 15) is 13.2 Å². The molecule has 1 aromatic heterocycles. The normalized spacial score (nSPS) is 13.4. The molecular formula is C23H26N6O3S. The molecule has 172 valence electrons. The first kappa shape index (κ1) is 22.7. The molecule has 0 spiro atoms. The number of hydrogen-bond donors (Lipinski definition) is 4. The van der Waals surface area contributed by atoms with E-state index in [4.69, 9.17) is 0 Å². The zero-order valence-electron chi connectivity index (χ0n) is 18.6. The summed E-state index contributed by atoms with van der Waals surface area (Å²) >= 11 is 0. The topological polar surface area (TPSA) is 125 Å². The zero-order chi connectivity index (χ0) is 23.6. The number of fused-ring (bicyclic) bond motifs is 1. The molecule has 0 radical (unpaired) electrons. The fraction of sp³-hybridized carbons (Fsp3) is 0.261. The van der Waals surface area contributed by atoms with E-state index in [0.717, 1.165) is 22.5 Å². The number of aryl methyl sites for hydroxylation is 2. The average molecular weight is 467 g/mol. The Hall–Kier alpha value is -3.50. The quantitative estimate of drug-likeness (QED) is 0.417. The van der Waals surface area contributed by atoms with E-state index in [1.807, 2.05) is 25.1 Å². The molecule has 2 aromatic carbocycles. The van der Waals surface area contributed by atoms with Gasteiger partial charge in [-0.15, -0.1) is 0 Å². The minimum Gasteiger partial charge on any atom is -0.340 e. The molecule has 2 heterocycles. The third-order valence-electron chi connectivity index (χ3n) is 5.03. The molecule has 1 amide bonds. The average Bonchev–Trinajstić information content (AvgIpc) is 2.75. The number of hydrogen-bond acceptors (Lipinski definition) is 7. The van der Waals surface area contributed by atoms with E-state index in [1.165, 1.54) is 6.07 Å². The Morgan fingerprint density at radius 2 is 1.82 bits per heavy atom. The molecule has 10 heteroatoms. The van der Waals surface area contributed by atoms with Gasteiger partial charge in [0.1, 0.15) is 5.82 Å². The van der Waals surface area contributed by atoms with Crippen molar-refractivity contribution < 1.29 is 13.2 Å². The van der Waals surface area contributed by atoms with Gasteiger partial charge in [-0.05, 0) is 69.2 Å². The van der Waals surface area contributed by atoms with Gasteiger partial charge in [0.15, 0.2) is 0 Å². The lowest BCUT2D eigenvalue weighted by Gasteiger charge is -2.18. The highest BCUT2D eigenvalue weighted by atomic mass is 32.2. The number of nitrogens with zero attached hydrogens (tertiary/aromatic N) is 2. The molecule has 9 nitrogen and oxygen atoms in total. The lowest BCUT2D eigenvalue weighted by atomic mass is 10.0. The summed E-state index contributed by atoms with van der Waals surface area (Å²) in [7, 11) is -3.61. The summed E-state index contributed by atoms with van der Waals surface area (Å²) in [5.41, 5.74) is 4.16.